The van der Waals surface area contributed by atoms with Crippen molar-refractivity contribution < 1.29 is 18.3 Å². The molecule has 0 bridgehead atoms. The van der Waals surface area contributed by atoms with Crippen LogP contribution in [-0.2, 0) is 14.9 Å². The van der Waals surface area contributed by atoms with Crippen molar-refractivity contribution in [2.75, 3.05) is 37.2 Å². The fraction of sp³-hybridized carbons (Fsp3) is 0.538. The number of rotatable bonds is 2. The number of ether oxygens (including phenoxy) is 1. The minimum Gasteiger partial charge on any atom is -0.388 e. The van der Waals surface area contributed by atoms with Crippen LogP contribution in [0.2, 0.25) is 0 Å². The molecule has 110 valence electrons. The van der Waals surface area contributed by atoms with Crippen LogP contribution in [0.1, 0.15) is 18.1 Å². The van der Waals surface area contributed by atoms with Gasteiger partial charge in [-0.3, -0.25) is 4.31 Å². The highest BCUT2D eigenvalue weighted by molar-refractivity contribution is 7.90. The van der Waals surface area contributed by atoms with Crippen LogP contribution in [-0.4, -0.2) is 50.7 Å². The van der Waals surface area contributed by atoms with Crippen molar-refractivity contribution >= 4 is 15.9 Å². The van der Waals surface area contributed by atoms with Crippen molar-refractivity contribution in [2.45, 2.75) is 12.5 Å². The number of anilines is 1. The zero-order valence-corrected chi connectivity index (χ0v) is 11.9. The Hall–Kier alpha value is -1.15. The molecule has 1 N–H and O–H groups in total. The van der Waals surface area contributed by atoms with Crippen molar-refractivity contribution in [1.29, 1.82) is 0 Å². The standard InChI is InChI=1S/C13H18N2O4S/c16-13-5-6-15(12-4-2-1-3-11(12)13)20(17,18)14-7-9-19-10-8-14/h1-4,13,16H,5-10H2. The van der Waals surface area contributed by atoms with Gasteiger partial charge in [0.15, 0.2) is 0 Å². The Morgan fingerprint density at radius 2 is 1.85 bits per heavy atom. The second kappa shape index (κ2) is 5.33. The van der Waals surface area contributed by atoms with Crippen molar-refractivity contribution in [2.24, 2.45) is 0 Å². The van der Waals surface area contributed by atoms with Gasteiger partial charge in [-0.25, -0.2) is 0 Å². The zero-order valence-electron chi connectivity index (χ0n) is 11.1. The number of hydrogen-bond acceptors (Lipinski definition) is 4. The quantitative estimate of drug-likeness (QED) is 0.863. The van der Waals surface area contributed by atoms with Gasteiger partial charge < -0.3 is 9.84 Å². The summed E-state index contributed by atoms with van der Waals surface area (Å²) in [5.41, 5.74) is 1.26. The molecule has 6 nitrogen and oxygen atoms in total. The molecule has 1 unspecified atom stereocenters. The summed E-state index contributed by atoms with van der Waals surface area (Å²) in [6.07, 6.45) is -0.178. The SMILES string of the molecule is O=S(=O)(N1CCOCC1)N1CCC(O)c2ccccc21. The lowest BCUT2D eigenvalue weighted by Gasteiger charge is -2.37. The summed E-state index contributed by atoms with van der Waals surface area (Å²) in [6, 6.07) is 7.13. The molecule has 1 aromatic carbocycles. The fourth-order valence-electron chi connectivity index (χ4n) is 2.67. The Kier molecular flexibility index (Phi) is 3.68. The molecule has 0 radical (unpaired) electrons. The predicted octanol–water partition coefficient (Wildman–Crippen LogP) is 0.507. The van der Waals surface area contributed by atoms with Crippen LogP contribution in [0.25, 0.3) is 0 Å². The molecule has 7 heteroatoms. The first kappa shape index (κ1) is 13.8. The Labute approximate surface area is 118 Å². The number of nitrogens with zero attached hydrogens (tertiary/aromatic N) is 2. The zero-order chi connectivity index (χ0) is 14.2. The van der Waals surface area contributed by atoms with E-state index < -0.39 is 16.3 Å². The number of morpholine rings is 1. The van der Waals surface area contributed by atoms with E-state index in [1.54, 1.807) is 18.2 Å². The minimum atomic E-state index is -3.55. The Bertz CT molecular complexity index is 584. The summed E-state index contributed by atoms with van der Waals surface area (Å²) in [6.45, 7) is 1.92. The van der Waals surface area contributed by atoms with Crippen molar-refractivity contribution in [1.82, 2.24) is 4.31 Å². The van der Waals surface area contributed by atoms with Crippen LogP contribution in [0.4, 0.5) is 5.69 Å². The number of benzene rings is 1. The summed E-state index contributed by atoms with van der Waals surface area (Å²) in [5, 5.41) is 10.0. The van der Waals surface area contributed by atoms with Crippen molar-refractivity contribution in [3.63, 3.8) is 0 Å². The third-order valence-electron chi connectivity index (χ3n) is 3.74. The molecule has 0 amide bonds. The van der Waals surface area contributed by atoms with E-state index in [2.05, 4.69) is 0 Å². The van der Waals surface area contributed by atoms with E-state index in [4.69, 9.17) is 4.74 Å². The number of aliphatic hydroxyl groups is 1. The molecule has 3 rings (SSSR count). The number of fused-ring (bicyclic) bond motifs is 1. The normalized spacial score (nSPS) is 24.4. The lowest BCUT2D eigenvalue weighted by Crippen LogP contribution is -2.50. The van der Waals surface area contributed by atoms with Gasteiger partial charge in [-0.05, 0) is 12.5 Å². The first-order chi connectivity index (χ1) is 9.60. The number of para-hydroxylation sites is 1. The van der Waals surface area contributed by atoms with E-state index in [1.165, 1.54) is 8.61 Å². The Morgan fingerprint density at radius 1 is 1.15 bits per heavy atom. The van der Waals surface area contributed by atoms with E-state index in [1.807, 2.05) is 6.07 Å². The number of hydrogen-bond donors (Lipinski definition) is 1. The van der Waals surface area contributed by atoms with Gasteiger partial charge >= 0.3 is 10.2 Å². The lowest BCUT2D eigenvalue weighted by atomic mass is 10.0. The molecule has 0 spiro atoms. The van der Waals surface area contributed by atoms with Crippen LogP contribution in [0.5, 0.6) is 0 Å². The third kappa shape index (κ3) is 2.31. The third-order valence-corrected chi connectivity index (χ3v) is 5.70. The van der Waals surface area contributed by atoms with E-state index in [9.17, 15) is 13.5 Å². The van der Waals surface area contributed by atoms with Crippen molar-refractivity contribution in [3.8, 4) is 0 Å². The maximum atomic E-state index is 12.7. The van der Waals surface area contributed by atoms with Gasteiger partial charge in [0, 0.05) is 25.2 Å². The molecule has 1 aromatic rings. The molecular weight excluding hydrogens is 280 g/mol. The second-order valence-corrected chi connectivity index (χ2v) is 6.81. The van der Waals surface area contributed by atoms with Crippen LogP contribution in [0, 0.1) is 0 Å². The smallest absolute Gasteiger partial charge is 0.304 e. The molecule has 20 heavy (non-hydrogen) atoms. The molecule has 1 saturated heterocycles. The first-order valence-electron chi connectivity index (χ1n) is 6.73. The predicted molar refractivity (Wildman–Crippen MR) is 74.7 cm³/mol. The van der Waals surface area contributed by atoms with Gasteiger partial charge in [0.25, 0.3) is 0 Å². The molecule has 0 aliphatic carbocycles. The second-order valence-electron chi connectivity index (χ2n) is 4.95. The van der Waals surface area contributed by atoms with Gasteiger partial charge in [0.05, 0.1) is 25.0 Å². The summed E-state index contributed by atoms with van der Waals surface area (Å²) in [7, 11) is -3.55. The molecular formula is C13H18N2O4S. The molecule has 2 heterocycles. The molecule has 1 atom stereocenters. The van der Waals surface area contributed by atoms with Crippen LogP contribution in [0.3, 0.4) is 0 Å². The average molecular weight is 298 g/mol. The number of aliphatic hydroxyl groups excluding tert-OH is 1. The van der Waals surface area contributed by atoms with E-state index in [0.717, 1.165) is 0 Å². The highest BCUT2D eigenvalue weighted by Gasteiger charge is 2.35. The molecule has 2 aliphatic heterocycles. The summed E-state index contributed by atoms with van der Waals surface area (Å²) in [5.74, 6) is 0. The first-order valence-corrected chi connectivity index (χ1v) is 8.13. The lowest BCUT2D eigenvalue weighted by molar-refractivity contribution is 0.0727. The van der Waals surface area contributed by atoms with Gasteiger partial charge in [-0.15, -0.1) is 0 Å². The summed E-state index contributed by atoms with van der Waals surface area (Å²) < 4.78 is 33.5. The maximum Gasteiger partial charge on any atom is 0.304 e. The van der Waals surface area contributed by atoms with E-state index in [-0.39, 0.29) is 0 Å². The highest BCUT2D eigenvalue weighted by atomic mass is 32.2. The highest BCUT2D eigenvalue weighted by Crippen LogP contribution is 2.35. The minimum absolute atomic E-state index is 0.303. The monoisotopic (exact) mass is 298 g/mol. The van der Waals surface area contributed by atoms with Gasteiger partial charge in [0.1, 0.15) is 0 Å². The van der Waals surface area contributed by atoms with Crippen LogP contribution >= 0.6 is 0 Å². The topological polar surface area (TPSA) is 70.1 Å². The maximum absolute atomic E-state index is 12.7. The largest absolute Gasteiger partial charge is 0.388 e. The molecule has 1 fully saturated rings. The van der Waals surface area contributed by atoms with E-state index >= 15 is 0 Å². The summed E-state index contributed by atoms with van der Waals surface area (Å²) in [4.78, 5) is 0. The van der Waals surface area contributed by atoms with Crippen LogP contribution in [0.15, 0.2) is 24.3 Å². The van der Waals surface area contributed by atoms with Crippen molar-refractivity contribution in [3.05, 3.63) is 29.8 Å². The van der Waals surface area contributed by atoms with E-state index in [0.29, 0.717) is 50.5 Å². The Balaban J connectivity index is 1.96. The van der Waals surface area contributed by atoms with Crippen LogP contribution < -0.4 is 4.31 Å². The average Bonchev–Trinajstić information content (AvgIpc) is 2.48. The fourth-order valence-corrected chi connectivity index (χ4v) is 4.31. The van der Waals surface area contributed by atoms with Gasteiger partial charge in [-0.2, -0.15) is 12.7 Å². The molecule has 0 aromatic heterocycles. The molecule has 2 aliphatic rings. The summed E-state index contributed by atoms with van der Waals surface area (Å²) >= 11 is 0. The van der Waals surface area contributed by atoms with Gasteiger partial charge in [0.2, 0.25) is 0 Å². The Morgan fingerprint density at radius 3 is 2.60 bits per heavy atom. The van der Waals surface area contributed by atoms with Gasteiger partial charge in [-0.1, -0.05) is 18.2 Å². The molecule has 0 saturated carbocycles.